The van der Waals surface area contributed by atoms with E-state index in [2.05, 4.69) is 193 Å². The lowest BCUT2D eigenvalue weighted by Crippen LogP contribution is -2.22. The third-order valence-electron chi connectivity index (χ3n) is 7.65. The molecular weight excluding hydrogens is 518 g/mol. The third-order valence-corrected chi connectivity index (χ3v) is 7.65. The summed E-state index contributed by atoms with van der Waals surface area (Å²) in [6.45, 7) is 1.69. The van der Waals surface area contributed by atoms with Crippen molar-refractivity contribution in [3.05, 3.63) is 221 Å². The fourth-order valence-electron chi connectivity index (χ4n) is 5.44. The lowest BCUT2D eigenvalue weighted by atomic mass is 9.94. The van der Waals surface area contributed by atoms with E-state index in [0.29, 0.717) is 0 Å². The minimum atomic E-state index is 0.844. The van der Waals surface area contributed by atoms with E-state index >= 15 is 0 Å². The lowest BCUT2D eigenvalue weighted by Gasteiger charge is -2.26. The smallest absolute Gasteiger partial charge is 0.0433 e. The maximum atomic E-state index is 2.45. The van der Waals surface area contributed by atoms with Gasteiger partial charge in [-0.3, -0.25) is 0 Å². The van der Waals surface area contributed by atoms with Crippen LogP contribution in [0.3, 0.4) is 0 Å². The van der Waals surface area contributed by atoms with Crippen molar-refractivity contribution in [1.29, 1.82) is 0 Å². The Morgan fingerprint density at radius 3 is 1.00 bits per heavy atom. The summed E-state index contributed by atoms with van der Waals surface area (Å²) in [5.41, 5.74) is 11.0. The molecule has 0 saturated heterocycles. The van der Waals surface area contributed by atoms with E-state index in [4.69, 9.17) is 0 Å². The number of nitrogens with zero attached hydrogens (tertiary/aromatic N) is 1. The zero-order valence-corrected chi connectivity index (χ0v) is 24.3. The number of hydrogen-bond donors (Lipinski definition) is 0. The molecule has 6 aromatic rings. The second-order valence-corrected chi connectivity index (χ2v) is 10.6. The number of anilines is 1. The highest BCUT2D eigenvalue weighted by atomic mass is 15.1. The van der Waals surface area contributed by atoms with Gasteiger partial charge < -0.3 is 4.90 Å². The predicted molar refractivity (Wildman–Crippen MR) is 183 cm³/mol. The quantitative estimate of drug-likeness (QED) is 0.153. The summed E-state index contributed by atoms with van der Waals surface area (Å²) in [5.74, 6) is 0. The molecule has 0 bridgehead atoms. The van der Waals surface area contributed by atoms with Gasteiger partial charge in [-0.2, -0.15) is 0 Å². The fraction of sp³-hybridized carbons (Fsp3) is 0.0476. The molecule has 0 radical (unpaired) electrons. The van der Waals surface area contributed by atoms with Gasteiger partial charge in [-0.15, -0.1) is 0 Å². The molecule has 6 aromatic carbocycles. The van der Waals surface area contributed by atoms with Crippen molar-refractivity contribution in [3.63, 3.8) is 0 Å². The molecule has 0 amide bonds. The van der Waals surface area contributed by atoms with Crippen molar-refractivity contribution in [2.75, 3.05) is 4.90 Å². The Morgan fingerprint density at radius 1 is 0.349 bits per heavy atom. The summed E-state index contributed by atoms with van der Waals surface area (Å²) in [5, 5.41) is 0. The first kappa shape index (κ1) is 27.8. The van der Waals surface area contributed by atoms with Gasteiger partial charge in [0.25, 0.3) is 0 Å². The van der Waals surface area contributed by atoms with Crippen LogP contribution in [0.2, 0.25) is 0 Å². The molecule has 0 saturated carbocycles. The lowest BCUT2D eigenvalue weighted by molar-refractivity contribution is 0.800. The topological polar surface area (TPSA) is 3.24 Å². The SMILES string of the molecule is C(C=C(c1ccccc1)c1ccc(N(Cc2ccccc2)Cc2ccccc2)cc1)=C(c1ccccc1)c1ccccc1. The van der Waals surface area contributed by atoms with Crippen LogP contribution in [0.25, 0.3) is 11.1 Å². The molecule has 43 heavy (non-hydrogen) atoms. The predicted octanol–water partition coefficient (Wildman–Crippen LogP) is 10.5. The van der Waals surface area contributed by atoms with Gasteiger partial charge in [0.1, 0.15) is 0 Å². The van der Waals surface area contributed by atoms with Gasteiger partial charge in [-0.25, -0.2) is 0 Å². The van der Waals surface area contributed by atoms with Crippen molar-refractivity contribution in [1.82, 2.24) is 0 Å². The molecule has 208 valence electrons. The van der Waals surface area contributed by atoms with Crippen LogP contribution in [-0.2, 0) is 13.1 Å². The van der Waals surface area contributed by atoms with Crippen molar-refractivity contribution in [2.45, 2.75) is 13.1 Å². The summed E-state index contributed by atoms with van der Waals surface area (Å²) >= 11 is 0. The first-order chi connectivity index (χ1) is 21.3. The molecule has 1 heteroatoms. The molecule has 1 nitrogen and oxygen atoms in total. The number of hydrogen-bond acceptors (Lipinski definition) is 1. The zero-order chi connectivity index (χ0) is 29.1. The number of benzene rings is 6. The van der Waals surface area contributed by atoms with Crippen LogP contribution in [0.1, 0.15) is 33.4 Å². The number of rotatable bonds is 10. The van der Waals surface area contributed by atoms with E-state index in [1.165, 1.54) is 50.2 Å². The highest BCUT2D eigenvalue weighted by molar-refractivity contribution is 5.86. The molecule has 0 spiro atoms. The number of allylic oxidation sites excluding steroid dienone is 2. The average molecular weight is 554 g/mol. The minimum absolute atomic E-state index is 0.844. The van der Waals surface area contributed by atoms with Crippen molar-refractivity contribution >= 4 is 16.8 Å². The van der Waals surface area contributed by atoms with Gasteiger partial charge in [-0.05, 0) is 56.7 Å². The van der Waals surface area contributed by atoms with Crippen LogP contribution < -0.4 is 4.90 Å². The van der Waals surface area contributed by atoms with E-state index < -0.39 is 0 Å². The zero-order valence-electron chi connectivity index (χ0n) is 24.3. The summed E-state index contributed by atoms with van der Waals surface area (Å²) in [6.07, 6.45) is 4.53. The molecule has 0 fully saturated rings. The van der Waals surface area contributed by atoms with Crippen molar-refractivity contribution < 1.29 is 0 Å². The largest absolute Gasteiger partial charge is 0.363 e. The summed E-state index contributed by atoms with van der Waals surface area (Å²) in [6, 6.07) is 62.4. The third kappa shape index (κ3) is 7.28. The van der Waals surface area contributed by atoms with Gasteiger partial charge in [0.15, 0.2) is 0 Å². The maximum absolute atomic E-state index is 2.45. The van der Waals surface area contributed by atoms with E-state index in [1.54, 1.807) is 0 Å². The van der Waals surface area contributed by atoms with E-state index in [9.17, 15) is 0 Å². The molecule has 6 rings (SSSR count). The van der Waals surface area contributed by atoms with Crippen molar-refractivity contribution in [3.8, 4) is 0 Å². The molecule has 0 N–H and O–H groups in total. The first-order valence-corrected chi connectivity index (χ1v) is 14.8. The molecule has 0 aromatic heterocycles. The fourth-order valence-corrected chi connectivity index (χ4v) is 5.44. The Labute approximate surface area is 255 Å². The molecule has 0 atom stereocenters. The van der Waals surface area contributed by atoms with Gasteiger partial charge in [0.2, 0.25) is 0 Å². The normalized spacial score (nSPS) is 11.1. The van der Waals surface area contributed by atoms with E-state index in [-0.39, 0.29) is 0 Å². The van der Waals surface area contributed by atoms with Gasteiger partial charge >= 0.3 is 0 Å². The summed E-state index contributed by atoms with van der Waals surface area (Å²) in [7, 11) is 0. The van der Waals surface area contributed by atoms with Crippen LogP contribution in [0, 0.1) is 0 Å². The highest BCUT2D eigenvalue weighted by Gasteiger charge is 2.11. The molecule has 0 aliphatic heterocycles. The Balaban J connectivity index is 1.38. The van der Waals surface area contributed by atoms with Crippen LogP contribution in [-0.4, -0.2) is 0 Å². The molecular formula is C42H35N. The average Bonchev–Trinajstić information content (AvgIpc) is 3.09. The van der Waals surface area contributed by atoms with E-state index in [0.717, 1.165) is 13.1 Å². The van der Waals surface area contributed by atoms with Crippen molar-refractivity contribution in [2.24, 2.45) is 0 Å². The summed E-state index contributed by atoms with van der Waals surface area (Å²) in [4.78, 5) is 2.45. The maximum Gasteiger partial charge on any atom is 0.0433 e. The van der Waals surface area contributed by atoms with Crippen LogP contribution >= 0.6 is 0 Å². The monoisotopic (exact) mass is 553 g/mol. The Kier molecular flexibility index (Phi) is 9.02. The molecule has 0 unspecified atom stereocenters. The van der Waals surface area contributed by atoms with Gasteiger partial charge in [0.05, 0.1) is 0 Å². The molecule has 0 aliphatic rings. The Bertz CT molecular complexity index is 1670. The van der Waals surface area contributed by atoms with Crippen LogP contribution in [0.15, 0.2) is 188 Å². The second kappa shape index (κ2) is 14.0. The Morgan fingerprint density at radius 2 is 0.651 bits per heavy atom. The van der Waals surface area contributed by atoms with Crippen LogP contribution in [0.5, 0.6) is 0 Å². The van der Waals surface area contributed by atoms with Gasteiger partial charge in [0, 0.05) is 18.8 Å². The summed E-state index contributed by atoms with van der Waals surface area (Å²) < 4.78 is 0. The van der Waals surface area contributed by atoms with E-state index in [1.807, 2.05) is 0 Å². The first-order valence-electron chi connectivity index (χ1n) is 14.8. The van der Waals surface area contributed by atoms with Crippen LogP contribution in [0.4, 0.5) is 5.69 Å². The standard InChI is InChI=1S/C42H35N/c1-6-16-34(17-7-1)32-43(33-35-18-8-2-9-19-35)40-28-26-39(27-29-40)42(38-24-14-5-15-25-38)31-30-41(36-20-10-3-11-21-36)37-22-12-4-13-23-37/h1-31H,32-33H2. The molecule has 0 aliphatic carbocycles. The molecule has 0 heterocycles. The van der Waals surface area contributed by atoms with Gasteiger partial charge in [-0.1, -0.05) is 176 Å². The Hall–Kier alpha value is -5.40. The minimum Gasteiger partial charge on any atom is -0.363 e. The highest BCUT2D eigenvalue weighted by Crippen LogP contribution is 2.30. The second-order valence-electron chi connectivity index (χ2n) is 10.6.